The van der Waals surface area contributed by atoms with Crippen molar-refractivity contribution in [2.24, 2.45) is 0 Å². The van der Waals surface area contributed by atoms with E-state index in [4.69, 9.17) is 0 Å². The van der Waals surface area contributed by atoms with Gasteiger partial charge in [-0.1, -0.05) is 0 Å². The molecule has 5 aliphatic rings. The second-order valence-electron chi connectivity index (χ2n) is 23.5. The summed E-state index contributed by atoms with van der Waals surface area (Å²) in [6, 6.07) is 0. The molecule has 0 bridgehead atoms. The molecule has 0 amide bonds. The number of hydrogen-bond donors (Lipinski definition) is 30. The summed E-state index contributed by atoms with van der Waals surface area (Å²) in [5.41, 5.74) is 0. The third-order valence-corrected chi connectivity index (χ3v) is 32.8. The third-order valence-electron chi connectivity index (χ3n) is 14.3. The fourth-order valence-corrected chi connectivity index (χ4v) is 24.3. The number of aliphatic hydroxyl groups is 30. The molecular formula is C30H55O80P15Pb4-12. The largest absolute Gasteiger partial charge is 2.00 e. The molecule has 30 N–H and O–H groups in total. The van der Waals surface area contributed by atoms with Gasteiger partial charge in [-0.05, 0) is 0 Å². The molecule has 99 heteroatoms. The Hall–Kier alpha value is 4.54. The van der Waals surface area contributed by atoms with Crippen LogP contribution >= 0.6 is 117 Å². The van der Waals surface area contributed by atoms with Gasteiger partial charge in [0, 0.05) is 0 Å². The molecular weight excluding hydrogens is 2930 g/mol. The van der Waals surface area contributed by atoms with Gasteiger partial charge in [-0.15, -0.1) is 0 Å². The molecule has 0 spiro atoms. The van der Waals surface area contributed by atoms with Crippen LogP contribution in [0.25, 0.3) is 0 Å². The first kappa shape index (κ1) is 140. The summed E-state index contributed by atoms with van der Waals surface area (Å²) in [6.45, 7) is 0. The first-order valence-corrected chi connectivity index (χ1v) is 51.0. The molecule has 80 nitrogen and oxygen atoms in total. The van der Waals surface area contributed by atoms with E-state index >= 15 is 0 Å². The van der Waals surface area contributed by atoms with Gasteiger partial charge in [0.05, 0.1) is 39.1 Å². The van der Waals surface area contributed by atoms with Crippen LogP contribution in [0.2, 0.25) is 0 Å². The van der Waals surface area contributed by atoms with E-state index in [1.165, 1.54) is 0 Å². The average Bonchev–Trinajstić information content (AvgIpc) is 0.769. The Morgan fingerprint density at radius 2 is 0.225 bits per heavy atom. The molecule has 0 saturated heterocycles. The molecule has 5 aliphatic carbocycles. The van der Waals surface area contributed by atoms with Crippen LogP contribution in [-0.2, 0) is 134 Å². The Bertz CT molecular complexity index is 3710. The molecule has 129 heavy (non-hydrogen) atoms. The summed E-state index contributed by atoms with van der Waals surface area (Å²) in [6.07, 6.45) is -64.5. The van der Waals surface area contributed by atoms with Crippen molar-refractivity contribution in [2.45, 2.75) is 182 Å². The van der Waals surface area contributed by atoms with Crippen molar-refractivity contribution in [1.82, 2.24) is 0 Å². The van der Waals surface area contributed by atoms with Crippen LogP contribution in [0.3, 0.4) is 0 Å². The normalized spacial score (nSPS) is 40.5. The van der Waals surface area contributed by atoms with Crippen LogP contribution in [0.4, 0.5) is 0 Å². The number of aliphatic hydroxyl groups excluding tert-OH is 25. The Balaban J connectivity index is -0.000000751. The van der Waals surface area contributed by atoms with Crippen LogP contribution in [0.15, 0.2) is 0 Å². The zero-order chi connectivity index (χ0) is 100. The molecule has 0 aliphatic heterocycles. The van der Waals surface area contributed by atoms with Crippen molar-refractivity contribution in [3.05, 3.63) is 0 Å². The smallest absolute Gasteiger partial charge is 0.790 e. The predicted molar refractivity (Wildman–Crippen MR) is 328 cm³/mol. The van der Waals surface area contributed by atoms with E-state index in [1.807, 2.05) is 0 Å². The average molecular weight is 2990 g/mol. The minimum atomic E-state index is -6.40. The van der Waals surface area contributed by atoms with Crippen molar-refractivity contribution >= 4 is 227 Å². The minimum Gasteiger partial charge on any atom is -0.790 e. The predicted octanol–water partition coefficient (Wildman–Crippen LogP) is -35.0. The Labute approximate surface area is 787 Å². The van der Waals surface area contributed by atoms with Crippen molar-refractivity contribution in [3.8, 4) is 0 Å². The topological polar surface area (TPSA) is 1460 Å². The molecule has 30 unspecified atom stereocenters. The van der Waals surface area contributed by atoms with Crippen LogP contribution in [0.1, 0.15) is 0 Å². The van der Waals surface area contributed by atoms with Crippen molar-refractivity contribution in [2.75, 3.05) is 0 Å². The molecule has 5 saturated carbocycles. The van der Waals surface area contributed by atoms with Gasteiger partial charge in [-0.3, -0.25) is 89.8 Å². The molecule has 0 heterocycles. The quantitative estimate of drug-likeness (QED) is 0.0180. The first-order chi connectivity index (χ1) is 54.6. The zero-order valence-electron chi connectivity index (χ0n) is 59.5. The maximum atomic E-state index is 11.4. The Kier molecular flexibility index (Phi) is 54.0. The van der Waals surface area contributed by atoms with Gasteiger partial charge in [0.1, 0.15) is 153 Å². The fourth-order valence-electron chi connectivity index (χ4n) is 9.02. The Morgan fingerprint density at radius 1 is 0.147 bits per heavy atom. The van der Waals surface area contributed by atoms with E-state index < -0.39 is 299 Å². The molecule has 30 atom stereocenters. The van der Waals surface area contributed by atoms with Crippen molar-refractivity contribution in [3.63, 3.8) is 0 Å². The number of phosphoric ester groups is 5. The Morgan fingerprint density at radius 3 is 0.295 bits per heavy atom. The third kappa shape index (κ3) is 41.1. The van der Waals surface area contributed by atoms with E-state index in [2.05, 4.69) is 65.7 Å². The van der Waals surface area contributed by atoms with Gasteiger partial charge in [-0.25, -0.2) is 21.6 Å². The zero-order valence-corrected chi connectivity index (χ0v) is 88.4. The molecule has 758 valence electrons. The monoisotopic (exact) mass is 2990 g/mol. The molecule has 0 aromatic carbocycles. The number of hydrogen-bond acceptors (Lipinski definition) is 80. The van der Waals surface area contributed by atoms with E-state index in [9.17, 15) is 320 Å². The minimum absolute atomic E-state index is 0. The van der Waals surface area contributed by atoms with Crippen LogP contribution < -0.4 is 97.9 Å². The van der Waals surface area contributed by atoms with E-state index in [0.717, 1.165) is 0 Å². The summed E-state index contributed by atoms with van der Waals surface area (Å²) in [7, 11) is -95.4. The van der Waals surface area contributed by atoms with Crippen molar-refractivity contribution < 1.29 is 385 Å². The van der Waals surface area contributed by atoms with Gasteiger partial charge in [0.25, 0.3) is 78.2 Å². The molecule has 0 aromatic rings. The van der Waals surface area contributed by atoms with Crippen LogP contribution in [0.5, 0.6) is 0 Å². The second kappa shape index (κ2) is 49.8. The van der Waals surface area contributed by atoms with Crippen LogP contribution in [0, 0.1) is 0 Å². The SMILES string of the molecule is O=P([O-])([O-])OP(=O)([O-])OP(=O)([O-])OC1(O)C(O)C(O)C(O)C(O)C1O.O=P([O-])([O-])OP(=O)([O-])OP(=O)([O-])OC1(O)C(O)C(O)C(O)C(O)C1O.O=P([O-])([O-])OP(=O)([O-])OP(=O)([O-])OC1(O)C(O)C(O)C(O)C(O)C1O.O=P([O-])([O-])OP(=O)([O-])OP(=O)([O-])OC1(O)C(O)C(O)C(O)C(O)C1O.O=P([O-])([O-])OP(=O)([O-])OP(=O)([O-])OC1(O)C(O)C(O)C(O)C(O)C1O.[Pb+2].[Pb+2].[Pb+2].[Pb+2]. The first-order valence-electron chi connectivity index (χ1n) is 29.1. The number of rotatable bonds is 30. The second-order valence-corrected chi connectivity index (χ2v) is 44.4. The van der Waals surface area contributed by atoms with E-state index in [0.29, 0.717) is 0 Å². The van der Waals surface area contributed by atoms with Gasteiger partial charge in [0.2, 0.25) is 28.9 Å². The van der Waals surface area contributed by atoms with E-state index in [1.54, 1.807) is 0 Å². The maximum Gasteiger partial charge on any atom is 2.00 e. The van der Waals surface area contributed by atoms with Crippen LogP contribution in [-0.4, -0.2) is 444 Å². The van der Waals surface area contributed by atoms with Crippen molar-refractivity contribution in [1.29, 1.82) is 0 Å². The summed E-state index contributed by atoms with van der Waals surface area (Å²) in [5.74, 6) is -19.2. The molecule has 5 fully saturated rings. The standard InChI is InChI=1S/5C6H15O16P3.4Pb/c5*7-1-2(8)4(10)6(12,5(11)3(1)9)20-24(16,17)22-25(18,19)21-23(13,14)15;;;;/h5*1-5,7-12H,(H,16,17)(H,18,19)(H2,13,14,15);;;;/q;;;;;4*+2/p-20. The summed E-state index contributed by atoms with van der Waals surface area (Å²) < 4.78 is 211. The number of phosphoric acid groups is 15. The molecule has 5 rings (SSSR count). The van der Waals surface area contributed by atoms with Gasteiger partial charge >= 0.3 is 109 Å². The summed E-state index contributed by atoms with van der Waals surface area (Å²) in [5, 5.41) is 284. The summed E-state index contributed by atoms with van der Waals surface area (Å²) >= 11 is 0. The van der Waals surface area contributed by atoms with Gasteiger partial charge in [-0.2, -0.15) is 0 Å². The van der Waals surface area contributed by atoms with Gasteiger partial charge in [0.15, 0.2) is 0 Å². The maximum absolute atomic E-state index is 11.4. The summed E-state index contributed by atoms with van der Waals surface area (Å²) in [4.78, 5) is 213. The molecule has 0 aromatic heterocycles. The van der Waals surface area contributed by atoms with E-state index in [-0.39, 0.29) is 109 Å². The molecule has 8 radical (unpaired) electrons. The fraction of sp³-hybridized carbons (Fsp3) is 1.00. The van der Waals surface area contributed by atoms with Gasteiger partial charge < -0.3 is 274 Å².